The molecule has 0 aliphatic rings. The number of hydrogen-bond acceptors (Lipinski definition) is 5. The summed E-state index contributed by atoms with van der Waals surface area (Å²) in [5.41, 5.74) is 0.411. The largest absolute Gasteiger partial charge is 0.459 e. The van der Waals surface area contributed by atoms with Gasteiger partial charge in [0.25, 0.3) is 5.91 Å². The average molecular weight is 294 g/mol. The van der Waals surface area contributed by atoms with Crippen LogP contribution in [0.15, 0.2) is 21.9 Å². The zero-order valence-corrected chi connectivity index (χ0v) is 12.6. The number of methoxy groups -OCH3 is 1. The van der Waals surface area contributed by atoms with Crippen LogP contribution in [0.25, 0.3) is 10.8 Å². The third-order valence-corrected chi connectivity index (χ3v) is 3.74. The molecular formula is C14H18N2O3S. The lowest BCUT2D eigenvalue weighted by Crippen LogP contribution is -2.37. The van der Waals surface area contributed by atoms with Gasteiger partial charge < -0.3 is 14.5 Å². The number of aromatic nitrogens is 1. The Morgan fingerprint density at radius 1 is 1.55 bits per heavy atom. The molecule has 0 aliphatic heterocycles. The number of nitrogens with zero attached hydrogens (tertiary/aromatic N) is 1. The Morgan fingerprint density at radius 2 is 2.35 bits per heavy atom. The second kappa shape index (κ2) is 6.67. The normalized spacial score (nSPS) is 12.3. The molecule has 1 unspecified atom stereocenters. The van der Waals surface area contributed by atoms with Crippen LogP contribution in [-0.4, -0.2) is 30.6 Å². The Morgan fingerprint density at radius 3 is 2.95 bits per heavy atom. The lowest BCUT2D eigenvalue weighted by molar-refractivity contribution is 0.0890. The fourth-order valence-electron chi connectivity index (χ4n) is 1.76. The van der Waals surface area contributed by atoms with E-state index >= 15 is 0 Å². The van der Waals surface area contributed by atoms with Crippen LogP contribution < -0.4 is 5.32 Å². The van der Waals surface area contributed by atoms with Crippen molar-refractivity contribution >= 4 is 17.2 Å². The Bertz CT molecular complexity index is 576. The summed E-state index contributed by atoms with van der Waals surface area (Å²) in [5, 5.41) is 5.35. The highest BCUT2D eigenvalue weighted by Gasteiger charge is 2.16. The van der Waals surface area contributed by atoms with Crippen molar-refractivity contribution in [2.24, 2.45) is 0 Å². The molecule has 0 radical (unpaired) electrons. The van der Waals surface area contributed by atoms with Crippen LogP contribution in [0, 0.1) is 6.92 Å². The van der Waals surface area contributed by atoms with E-state index < -0.39 is 0 Å². The zero-order chi connectivity index (χ0) is 14.5. The molecule has 1 N–H and O–H groups in total. The van der Waals surface area contributed by atoms with E-state index in [4.69, 9.17) is 9.15 Å². The van der Waals surface area contributed by atoms with E-state index in [1.165, 1.54) is 11.3 Å². The first kappa shape index (κ1) is 14.7. The Balaban J connectivity index is 2.06. The van der Waals surface area contributed by atoms with Crippen molar-refractivity contribution in [3.63, 3.8) is 0 Å². The number of amides is 1. The van der Waals surface area contributed by atoms with Gasteiger partial charge in [-0.25, -0.2) is 4.98 Å². The molecule has 2 rings (SSSR count). The summed E-state index contributed by atoms with van der Waals surface area (Å²) < 4.78 is 10.6. The van der Waals surface area contributed by atoms with Gasteiger partial charge in [-0.15, -0.1) is 11.3 Å². The van der Waals surface area contributed by atoms with E-state index in [0.29, 0.717) is 23.1 Å². The van der Waals surface area contributed by atoms with Gasteiger partial charge in [-0.1, -0.05) is 6.92 Å². The molecule has 0 aliphatic carbocycles. The Labute approximate surface area is 122 Å². The van der Waals surface area contributed by atoms with Crippen LogP contribution >= 0.6 is 11.3 Å². The first-order chi connectivity index (χ1) is 9.63. The highest BCUT2D eigenvalue weighted by molar-refractivity contribution is 7.13. The third kappa shape index (κ3) is 3.46. The number of furan rings is 1. The van der Waals surface area contributed by atoms with E-state index in [1.54, 1.807) is 12.5 Å². The zero-order valence-electron chi connectivity index (χ0n) is 11.8. The number of nitrogens with one attached hydrogen (secondary N) is 1. The minimum atomic E-state index is -0.181. The van der Waals surface area contributed by atoms with E-state index in [2.05, 4.69) is 10.3 Å². The summed E-state index contributed by atoms with van der Waals surface area (Å²) in [6.07, 6.45) is 0.813. The summed E-state index contributed by atoms with van der Waals surface area (Å²) in [6, 6.07) is 3.74. The van der Waals surface area contributed by atoms with Gasteiger partial charge in [-0.3, -0.25) is 4.79 Å². The number of thiazole rings is 1. The van der Waals surface area contributed by atoms with E-state index in [0.717, 1.165) is 12.2 Å². The summed E-state index contributed by atoms with van der Waals surface area (Å²) in [6.45, 7) is 4.38. The number of carbonyl (C=O) groups is 1. The van der Waals surface area contributed by atoms with Gasteiger partial charge >= 0.3 is 0 Å². The van der Waals surface area contributed by atoms with Gasteiger partial charge in [0.2, 0.25) is 0 Å². The molecule has 0 aromatic carbocycles. The van der Waals surface area contributed by atoms with Gasteiger partial charge in [0.15, 0.2) is 10.8 Å². The van der Waals surface area contributed by atoms with Crippen molar-refractivity contribution in [1.82, 2.24) is 10.3 Å². The number of carbonyl (C=O) groups excluding carboxylic acids is 1. The molecule has 2 aromatic heterocycles. The SMILES string of the molecule is CCC(COC)NC(=O)c1csc(-c2ccc(C)o2)n1. The topological polar surface area (TPSA) is 64.4 Å². The molecule has 0 bridgehead atoms. The number of aryl methyl sites for hydroxylation is 1. The lowest BCUT2D eigenvalue weighted by Gasteiger charge is -2.14. The molecule has 1 atom stereocenters. The predicted octanol–water partition coefficient (Wildman–Crippen LogP) is 2.87. The van der Waals surface area contributed by atoms with Crippen molar-refractivity contribution in [3.05, 3.63) is 29.0 Å². The number of rotatable bonds is 6. The van der Waals surface area contributed by atoms with Crippen LogP contribution in [0.2, 0.25) is 0 Å². The third-order valence-electron chi connectivity index (χ3n) is 2.88. The summed E-state index contributed by atoms with van der Waals surface area (Å²) >= 11 is 1.40. The van der Waals surface area contributed by atoms with Crippen molar-refractivity contribution in [2.45, 2.75) is 26.3 Å². The van der Waals surface area contributed by atoms with Gasteiger partial charge in [0.1, 0.15) is 11.5 Å². The van der Waals surface area contributed by atoms with Crippen LogP contribution in [-0.2, 0) is 4.74 Å². The molecule has 0 spiro atoms. The maximum atomic E-state index is 12.1. The lowest BCUT2D eigenvalue weighted by atomic mass is 10.2. The van der Waals surface area contributed by atoms with Crippen LogP contribution in [0.3, 0.4) is 0 Å². The van der Waals surface area contributed by atoms with E-state index in [1.807, 2.05) is 26.0 Å². The fourth-order valence-corrected chi connectivity index (χ4v) is 2.52. The highest BCUT2D eigenvalue weighted by atomic mass is 32.1. The highest BCUT2D eigenvalue weighted by Crippen LogP contribution is 2.25. The monoisotopic (exact) mass is 294 g/mol. The second-order valence-corrected chi connectivity index (χ2v) is 5.34. The number of ether oxygens (including phenoxy) is 1. The van der Waals surface area contributed by atoms with Crippen LogP contribution in [0.1, 0.15) is 29.6 Å². The molecule has 2 aromatic rings. The molecule has 1 amide bonds. The number of hydrogen-bond donors (Lipinski definition) is 1. The quantitative estimate of drug-likeness (QED) is 0.889. The molecule has 0 saturated carbocycles. The molecular weight excluding hydrogens is 276 g/mol. The van der Waals surface area contributed by atoms with Crippen molar-refractivity contribution in [2.75, 3.05) is 13.7 Å². The maximum Gasteiger partial charge on any atom is 0.271 e. The first-order valence-electron chi connectivity index (χ1n) is 6.46. The minimum Gasteiger partial charge on any atom is -0.459 e. The standard InChI is InChI=1S/C14H18N2O3S/c1-4-10(7-18-3)15-13(17)11-8-20-14(16-11)12-6-5-9(2)19-12/h5-6,8,10H,4,7H2,1-3H3,(H,15,17). The molecule has 6 heteroatoms. The summed E-state index contributed by atoms with van der Waals surface area (Å²) in [7, 11) is 1.62. The van der Waals surface area contributed by atoms with E-state index in [9.17, 15) is 4.79 Å². The summed E-state index contributed by atoms with van der Waals surface area (Å²) in [4.78, 5) is 16.4. The smallest absolute Gasteiger partial charge is 0.271 e. The molecule has 2 heterocycles. The van der Waals surface area contributed by atoms with Gasteiger partial charge in [-0.05, 0) is 25.5 Å². The maximum absolute atomic E-state index is 12.1. The summed E-state index contributed by atoms with van der Waals surface area (Å²) in [5.74, 6) is 1.34. The molecule has 108 valence electrons. The van der Waals surface area contributed by atoms with E-state index in [-0.39, 0.29) is 11.9 Å². The molecule has 0 saturated heterocycles. The predicted molar refractivity (Wildman–Crippen MR) is 78.0 cm³/mol. The van der Waals surface area contributed by atoms with Gasteiger partial charge in [0.05, 0.1) is 12.6 Å². The van der Waals surface area contributed by atoms with Crippen molar-refractivity contribution < 1.29 is 13.9 Å². The van der Waals surface area contributed by atoms with Crippen molar-refractivity contribution in [3.8, 4) is 10.8 Å². The second-order valence-electron chi connectivity index (χ2n) is 4.48. The van der Waals surface area contributed by atoms with Gasteiger partial charge in [0, 0.05) is 12.5 Å². The van der Waals surface area contributed by atoms with Crippen LogP contribution in [0.5, 0.6) is 0 Å². The fraction of sp³-hybridized carbons (Fsp3) is 0.429. The van der Waals surface area contributed by atoms with Gasteiger partial charge in [-0.2, -0.15) is 0 Å². The molecule has 5 nitrogen and oxygen atoms in total. The minimum absolute atomic E-state index is 0.00325. The average Bonchev–Trinajstić information content (AvgIpc) is 3.06. The van der Waals surface area contributed by atoms with Crippen molar-refractivity contribution in [1.29, 1.82) is 0 Å². The first-order valence-corrected chi connectivity index (χ1v) is 7.34. The Kier molecular flexibility index (Phi) is 4.92. The van der Waals surface area contributed by atoms with Crippen LogP contribution in [0.4, 0.5) is 0 Å². The Hall–Kier alpha value is -1.66. The molecule has 0 fully saturated rings. The molecule has 20 heavy (non-hydrogen) atoms.